The van der Waals surface area contributed by atoms with E-state index in [0.717, 1.165) is 10.1 Å². The molecule has 0 aliphatic carbocycles. The van der Waals surface area contributed by atoms with Gasteiger partial charge in [0.1, 0.15) is 11.9 Å². The molecule has 0 saturated carbocycles. The topological polar surface area (TPSA) is 64.1 Å². The van der Waals surface area contributed by atoms with Crippen molar-refractivity contribution >= 4 is 29.3 Å². The third-order valence-corrected chi connectivity index (χ3v) is 4.30. The predicted octanol–water partition coefficient (Wildman–Crippen LogP) is 2.34. The van der Waals surface area contributed by atoms with Gasteiger partial charge in [-0.2, -0.15) is 4.37 Å². The van der Waals surface area contributed by atoms with Gasteiger partial charge in [-0.3, -0.25) is 10.1 Å². The molecular weight excluding hydrogens is 282 g/mol. The lowest BCUT2D eigenvalue weighted by atomic mass is 9.98. The van der Waals surface area contributed by atoms with Gasteiger partial charge in [-0.25, -0.2) is 4.98 Å². The molecule has 0 amide bonds. The second-order valence-corrected chi connectivity index (χ2v) is 6.78. The minimum atomic E-state index is -0.651. The third kappa shape index (κ3) is 5.46. The number of ether oxygens (including phenoxy) is 1. The molecule has 19 heavy (non-hydrogen) atoms. The molecule has 1 aromatic heterocycles. The van der Waals surface area contributed by atoms with Gasteiger partial charge in [0.25, 0.3) is 0 Å². The number of thioether (sulfide) groups is 1. The van der Waals surface area contributed by atoms with Gasteiger partial charge in [-0.05, 0) is 45.6 Å². The maximum atomic E-state index is 12.1. The minimum Gasteiger partial charge on any atom is -0.465 e. The molecule has 0 radical (unpaired) electrons. The summed E-state index contributed by atoms with van der Waals surface area (Å²) in [6.45, 7) is 8.16. The summed E-state index contributed by atoms with van der Waals surface area (Å²) in [5, 5.41) is 3.30. The van der Waals surface area contributed by atoms with E-state index in [1.165, 1.54) is 11.5 Å². The van der Waals surface area contributed by atoms with Crippen molar-refractivity contribution in [3.05, 3.63) is 6.33 Å². The van der Waals surface area contributed by atoms with E-state index in [1.807, 2.05) is 27.7 Å². The fourth-order valence-electron chi connectivity index (χ4n) is 1.73. The van der Waals surface area contributed by atoms with Crippen LogP contribution in [0.5, 0.6) is 0 Å². The van der Waals surface area contributed by atoms with Crippen LogP contribution in [0, 0.1) is 0 Å². The Morgan fingerprint density at radius 1 is 1.63 bits per heavy atom. The fraction of sp³-hybridized carbons (Fsp3) is 0.750. The summed E-state index contributed by atoms with van der Waals surface area (Å²) >= 11 is 2.98. The van der Waals surface area contributed by atoms with Crippen molar-refractivity contribution in [2.45, 2.75) is 50.0 Å². The summed E-state index contributed by atoms with van der Waals surface area (Å²) in [6, 6.07) is 0.223. The minimum absolute atomic E-state index is 0.193. The molecule has 0 saturated heterocycles. The molecule has 1 heterocycles. The summed E-state index contributed by atoms with van der Waals surface area (Å²) in [5.41, 5.74) is -0.651. The van der Waals surface area contributed by atoms with Crippen molar-refractivity contribution < 1.29 is 9.53 Å². The van der Waals surface area contributed by atoms with Crippen molar-refractivity contribution in [3.63, 3.8) is 0 Å². The normalized spacial score (nSPS) is 14.4. The molecule has 0 aromatic carbocycles. The van der Waals surface area contributed by atoms with Crippen molar-refractivity contribution in [2.75, 3.05) is 12.4 Å². The van der Waals surface area contributed by atoms with E-state index in [9.17, 15) is 4.79 Å². The molecule has 1 rings (SSSR count). The number of hydrogen-bond acceptors (Lipinski definition) is 7. The Kier molecular flexibility index (Phi) is 6.74. The van der Waals surface area contributed by atoms with E-state index in [1.54, 1.807) is 18.1 Å². The Morgan fingerprint density at radius 2 is 2.37 bits per heavy atom. The average Bonchev–Trinajstić information content (AvgIpc) is 2.81. The lowest BCUT2D eigenvalue weighted by molar-refractivity contribution is -0.150. The first kappa shape index (κ1) is 16.4. The smallest absolute Gasteiger partial charge is 0.326 e. The summed E-state index contributed by atoms with van der Waals surface area (Å²) < 4.78 is 10.0. The van der Waals surface area contributed by atoms with E-state index in [-0.39, 0.29) is 12.0 Å². The monoisotopic (exact) mass is 303 g/mol. The Bertz CT molecular complexity index is 384. The third-order valence-electron chi connectivity index (χ3n) is 2.50. The molecule has 0 spiro atoms. The van der Waals surface area contributed by atoms with E-state index >= 15 is 0 Å². The molecule has 1 unspecified atom stereocenters. The van der Waals surface area contributed by atoms with Gasteiger partial charge in [0, 0.05) is 11.8 Å². The van der Waals surface area contributed by atoms with Crippen LogP contribution in [0.25, 0.3) is 0 Å². The van der Waals surface area contributed by atoms with Gasteiger partial charge in [0.2, 0.25) is 0 Å². The van der Waals surface area contributed by atoms with Crippen molar-refractivity contribution in [2.24, 2.45) is 0 Å². The number of rotatable bonds is 8. The summed E-state index contributed by atoms with van der Waals surface area (Å²) in [7, 11) is 0. The highest BCUT2D eigenvalue weighted by Crippen LogP contribution is 2.23. The number of nitrogens with one attached hydrogen (secondary N) is 1. The maximum absolute atomic E-state index is 12.1. The molecule has 1 aromatic rings. The molecule has 1 atom stereocenters. The van der Waals surface area contributed by atoms with Gasteiger partial charge in [-0.1, -0.05) is 11.8 Å². The van der Waals surface area contributed by atoms with Crippen molar-refractivity contribution in [1.82, 2.24) is 14.7 Å². The maximum Gasteiger partial charge on any atom is 0.326 e. The lowest BCUT2D eigenvalue weighted by Crippen LogP contribution is -2.53. The van der Waals surface area contributed by atoms with Crippen LogP contribution in [-0.2, 0) is 9.53 Å². The van der Waals surface area contributed by atoms with E-state index in [4.69, 9.17) is 4.74 Å². The highest BCUT2D eigenvalue weighted by Gasteiger charge is 2.34. The molecule has 0 aliphatic heterocycles. The van der Waals surface area contributed by atoms with Gasteiger partial charge in [0.05, 0.1) is 6.61 Å². The Balaban J connectivity index is 2.55. The lowest BCUT2D eigenvalue weighted by Gasteiger charge is -2.30. The zero-order valence-corrected chi connectivity index (χ0v) is 13.4. The molecule has 0 bridgehead atoms. The second kappa shape index (κ2) is 7.81. The number of nitrogens with zero attached hydrogens (tertiary/aromatic N) is 2. The number of esters is 1. The average molecular weight is 303 g/mol. The number of carbonyl (C=O) groups excluding carboxylic acids is 1. The number of hydrogen-bond donors (Lipinski definition) is 1. The van der Waals surface area contributed by atoms with E-state index in [0.29, 0.717) is 13.0 Å². The first-order chi connectivity index (χ1) is 8.98. The zero-order chi connectivity index (χ0) is 14.3. The molecule has 7 heteroatoms. The molecule has 5 nitrogen and oxygen atoms in total. The molecule has 0 fully saturated rings. The first-order valence-corrected chi connectivity index (χ1v) is 8.08. The van der Waals surface area contributed by atoms with Crippen molar-refractivity contribution in [1.29, 1.82) is 0 Å². The Morgan fingerprint density at radius 3 is 2.89 bits per heavy atom. The quantitative estimate of drug-likeness (QED) is 0.587. The van der Waals surface area contributed by atoms with E-state index < -0.39 is 5.54 Å². The SMILES string of the molecule is CCOC(=O)C(C)(CCSc1ncns1)NC(C)C. The summed E-state index contributed by atoms with van der Waals surface area (Å²) in [5.74, 6) is 0.603. The van der Waals surface area contributed by atoms with Crippen LogP contribution in [0.15, 0.2) is 10.7 Å². The standard InChI is InChI=1S/C12H21N3O2S2/c1-5-17-10(16)12(4,15-9(2)3)6-7-18-11-13-8-14-19-11/h8-9,15H,5-7H2,1-4H3. The molecule has 1 N–H and O–H groups in total. The second-order valence-electron chi connectivity index (χ2n) is 4.66. The van der Waals surface area contributed by atoms with Crippen LogP contribution in [0.4, 0.5) is 0 Å². The highest BCUT2D eigenvalue weighted by atomic mass is 32.2. The van der Waals surface area contributed by atoms with Gasteiger partial charge >= 0.3 is 5.97 Å². The first-order valence-electron chi connectivity index (χ1n) is 6.32. The Labute approximate surface area is 122 Å². The fourth-order valence-corrected chi connectivity index (χ4v) is 3.40. The largest absolute Gasteiger partial charge is 0.465 e. The molecular formula is C12H21N3O2S2. The highest BCUT2D eigenvalue weighted by molar-refractivity contribution is 8.00. The molecule has 0 aliphatic rings. The van der Waals surface area contributed by atoms with Gasteiger partial charge < -0.3 is 4.74 Å². The van der Waals surface area contributed by atoms with E-state index in [2.05, 4.69) is 14.7 Å². The van der Waals surface area contributed by atoms with Crippen molar-refractivity contribution in [3.8, 4) is 0 Å². The zero-order valence-electron chi connectivity index (χ0n) is 11.8. The van der Waals surface area contributed by atoms with Crippen LogP contribution in [0.2, 0.25) is 0 Å². The van der Waals surface area contributed by atoms with Crippen LogP contribution in [-0.4, -0.2) is 39.3 Å². The van der Waals surface area contributed by atoms with Gasteiger partial charge in [0.15, 0.2) is 4.34 Å². The van der Waals surface area contributed by atoms with Crippen LogP contribution < -0.4 is 5.32 Å². The predicted molar refractivity (Wildman–Crippen MR) is 78.6 cm³/mol. The van der Waals surface area contributed by atoms with Crippen LogP contribution >= 0.6 is 23.3 Å². The van der Waals surface area contributed by atoms with Gasteiger partial charge in [-0.15, -0.1) is 0 Å². The van der Waals surface area contributed by atoms with Crippen LogP contribution in [0.3, 0.4) is 0 Å². The number of aromatic nitrogens is 2. The van der Waals surface area contributed by atoms with Crippen LogP contribution in [0.1, 0.15) is 34.1 Å². The summed E-state index contributed by atoms with van der Waals surface area (Å²) in [6.07, 6.45) is 2.23. The molecule has 108 valence electrons. The Hall–Kier alpha value is -0.660. The summed E-state index contributed by atoms with van der Waals surface area (Å²) in [4.78, 5) is 16.2. The number of carbonyl (C=O) groups is 1.